The monoisotopic (exact) mass is 545 g/mol. The van der Waals surface area contributed by atoms with E-state index in [1.54, 1.807) is 50.4 Å². The third-order valence-electron chi connectivity index (χ3n) is 5.93. The quantitative estimate of drug-likeness (QED) is 0.371. The van der Waals surface area contributed by atoms with Gasteiger partial charge in [-0.2, -0.15) is 0 Å². The van der Waals surface area contributed by atoms with E-state index in [4.69, 9.17) is 9.47 Å². The lowest BCUT2D eigenvalue weighted by atomic mass is 10.1. The highest BCUT2D eigenvalue weighted by molar-refractivity contribution is 8.18. The summed E-state index contributed by atoms with van der Waals surface area (Å²) in [5.74, 6) is -0.785. The van der Waals surface area contributed by atoms with Gasteiger partial charge >= 0.3 is 5.97 Å². The van der Waals surface area contributed by atoms with Gasteiger partial charge in [0.15, 0.2) is 23.3 Å². The van der Waals surface area contributed by atoms with Crippen molar-refractivity contribution in [2.24, 2.45) is 4.99 Å². The van der Waals surface area contributed by atoms with Gasteiger partial charge in [0.1, 0.15) is 0 Å². The number of carboxylic acids is 1. The predicted molar refractivity (Wildman–Crippen MR) is 152 cm³/mol. The summed E-state index contributed by atoms with van der Waals surface area (Å²) in [6.07, 6.45) is 1.71. The Morgan fingerprint density at radius 3 is 2.51 bits per heavy atom. The molecule has 0 saturated carbocycles. The van der Waals surface area contributed by atoms with Gasteiger partial charge in [-0.25, -0.2) is 9.79 Å². The van der Waals surface area contributed by atoms with Crippen molar-refractivity contribution in [3.8, 4) is 11.5 Å². The molecule has 0 aromatic heterocycles. The molecule has 9 nitrogen and oxygen atoms in total. The van der Waals surface area contributed by atoms with Crippen LogP contribution in [0, 0.1) is 13.8 Å². The minimum absolute atomic E-state index is 0.159. The van der Waals surface area contributed by atoms with Crippen molar-refractivity contribution in [2.45, 2.75) is 13.8 Å². The van der Waals surface area contributed by atoms with Crippen molar-refractivity contribution >= 4 is 52.2 Å². The van der Waals surface area contributed by atoms with Crippen LogP contribution in [0.2, 0.25) is 0 Å². The summed E-state index contributed by atoms with van der Waals surface area (Å²) in [7, 11) is 3.11. The average Bonchev–Trinajstić information content (AvgIpc) is 3.17. The van der Waals surface area contributed by atoms with E-state index in [2.05, 4.69) is 10.3 Å². The first-order chi connectivity index (χ1) is 18.7. The average molecular weight is 546 g/mol. The van der Waals surface area contributed by atoms with Crippen molar-refractivity contribution in [2.75, 3.05) is 26.1 Å². The number of methoxy groups -OCH3 is 1. The second-order valence-electron chi connectivity index (χ2n) is 8.74. The molecular weight excluding hydrogens is 518 g/mol. The first-order valence-corrected chi connectivity index (χ1v) is 12.7. The molecule has 1 aliphatic heterocycles. The van der Waals surface area contributed by atoms with E-state index in [0.29, 0.717) is 44.1 Å². The molecular formula is C29H27N3O6S. The number of likely N-dealkylation sites (N-methyl/N-ethyl adjacent to an activating group) is 1. The normalized spacial score (nSPS) is 15.1. The van der Waals surface area contributed by atoms with Gasteiger partial charge in [0, 0.05) is 12.7 Å². The van der Waals surface area contributed by atoms with E-state index in [1.807, 2.05) is 31.2 Å². The molecule has 0 aliphatic carbocycles. The molecule has 2 amide bonds. The maximum absolute atomic E-state index is 12.9. The molecule has 1 aliphatic rings. The predicted octanol–water partition coefficient (Wildman–Crippen LogP) is 5.26. The van der Waals surface area contributed by atoms with Gasteiger partial charge < -0.3 is 19.9 Å². The molecule has 1 fully saturated rings. The highest BCUT2D eigenvalue weighted by Gasteiger charge is 2.30. The lowest BCUT2D eigenvalue weighted by Crippen LogP contribution is -2.23. The molecule has 0 bridgehead atoms. The van der Waals surface area contributed by atoms with Crippen molar-refractivity contribution in [3.05, 3.63) is 87.8 Å². The summed E-state index contributed by atoms with van der Waals surface area (Å²) >= 11 is 1.19. The number of carboxylic acid groups (broad SMARTS) is 1. The number of hydrogen-bond donors (Lipinski definition) is 2. The summed E-state index contributed by atoms with van der Waals surface area (Å²) < 4.78 is 11.1. The van der Waals surface area contributed by atoms with Gasteiger partial charge in [0.05, 0.1) is 23.3 Å². The summed E-state index contributed by atoms with van der Waals surface area (Å²) in [6, 6.07) is 17.4. The van der Waals surface area contributed by atoms with Crippen molar-refractivity contribution < 1.29 is 29.0 Å². The molecule has 1 heterocycles. The largest absolute Gasteiger partial charge is 0.493 e. The molecule has 0 unspecified atom stereocenters. The van der Waals surface area contributed by atoms with Crippen LogP contribution in [-0.2, 0) is 9.59 Å². The molecule has 0 spiro atoms. The van der Waals surface area contributed by atoms with Gasteiger partial charge in [0.25, 0.3) is 11.8 Å². The molecule has 39 heavy (non-hydrogen) atoms. The fourth-order valence-electron chi connectivity index (χ4n) is 3.75. The Morgan fingerprint density at radius 2 is 1.82 bits per heavy atom. The maximum Gasteiger partial charge on any atom is 0.336 e. The lowest BCUT2D eigenvalue weighted by Gasteiger charge is -2.12. The zero-order chi connectivity index (χ0) is 28.1. The number of hydrogen-bond acceptors (Lipinski definition) is 7. The summed E-state index contributed by atoms with van der Waals surface area (Å²) in [6.45, 7) is 3.45. The second kappa shape index (κ2) is 11.9. The number of ether oxygens (including phenoxy) is 2. The van der Waals surface area contributed by atoms with Crippen molar-refractivity contribution in [1.29, 1.82) is 0 Å². The van der Waals surface area contributed by atoms with Crippen LogP contribution < -0.4 is 14.8 Å². The lowest BCUT2D eigenvalue weighted by molar-refractivity contribution is -0.121. The highest BCUT2D eigenvalue weighted by atomic mass is 32.2. The van der Waals surface area contributed by atoms with Gasteiger partial charge in [-0.3, -0.25) is 14.5 Å². The standard InChI is InChI=1S/C29H27N3O6S/c1-17-8-11-20(12-9-17)30-26(33)16-38-23-13-10-19(14-24(23)37-4)15-25-27(34)32(3)29(39-25)31-22-7-5-6-21(18(22)2)28(35)36/h5-15H,16H2,1-4H3,(H,30,33)(H,35,36)/b25-15-,31-29?. The SMILES string of the molecule is COc1cc(/C=C2\SC(=Nc3cccc(C(=O)O)c3C)N(C)C2=O)ccc1OCC(=O)Nc1ccc(C)cc1. The molecule has 0 atom stereocenters. The molecule has 3 aromatic carbocycles. The smallest absolute Gasteiger partial charge is 0.336 e. The Kier molecular flexibility index (Phi) is 8.36. The number of anilines is 1. The van der Waals surface area contributed by atoms with E-state index in [0.717, 1.165) is 5.56 Å². The molecule has 4 rings (SSSR count). The van der Waals surface area contributed by atoms with E-state index in [1.165, 1.54) is 29.8 Å². The molecule has 200 valence electrons. The Hall–Kier alpha value is -4.57. The minimum Gasteiger partial charge on any atom is -0.493 e. The van der Waals surface area contributed by atoms with E-state index in [9.17, 15) is 19.5 Å². The van der Waals surface area contributed by atoms with Gasteiger partial charge in [-0.05, 0) is 79.2 Å². The molecule has 0 radical (unpaired) electrons. The van der Waals surface area contributed by atoms with Crippen molar-refractivity contribution in [3.63, 3.8) is 0 Å². The first-order valence-electron chi connectivity index (χ1n) is 11.9. The Labute approximate surface area is 230 Å². The molecule has 10 heteroatoms. The number of aromatic carboxylic acids is 1. The number of nitrogens with zero attached hydrogens (tertiary/aromatic N) is 2. The summed E-state index contributed by atoms with van der Waals surface area (Å²) in [5.41, 5.74) is 3.62. The Morgan fingerprint density at radius 1 is 1.08 bits per heavy atom. The third kappa shape index (κ3) is 6.47. The van der Waals surface area contributed by atoms with Crippen LogP contribution in [0.25, 0.3) is 6.08 Å². The van der Waals surface area contributed by atoms with Crippen LogP contribution in [-0.4, -0.2) is 53.7 Å². The fourth-order valence-corrected chi connectivity index (χ4v) is 4.73. The van der Waals surface area contributed by atoms with Gasteiger partial charge in [-0.15, -0.1) is 0 Å². The van der Waals surface area contributed by atoms with Crippen LogP contribution in [0.1, 0.15) is 27.0 Å². The fraction of sp³-hybridized carbons (Fsp3) is 0.172. The van der Waals surface area contributed by atoms with Crippen LogP contribution in [0.4, 0.5) is 11.4 Å². The van der Waals surface area contributed by atoms with Gasteiger partial charge in [-0.1, -0.05) is 29.8 Å². The Balaban J connectivity index is 1.48. The van der Waals surface area contributed by atoms with Crippen LogP contribution >= 0.6 is 11.8 Å². The number of carbonyl (C=O) groups excluding carboxylic acids is 2. The van der Waals surface area contributed by atoms with E-state index < -0.39 is 5.97 Å². The van der Waals surface area contributed by atoms with Crippen molar-refractivity contribution in [1.82, 2.24) is 4.90 Å². The molecule has 3 aromatic rings. The third-order valence-corrected chi connectivity index (χ3v) is 6.99. The van der Waals surface area contributed by atoms with E-state index >= 15 is 0 Å². The zero-order valence-corrected chi connectivity index (χ0v) is 22.7. The number of aliphatic imine (C=N–C) groups is 1. The van der Waals surface area contributed by atoms with Crippen LogP contribution in [0.5, 0.6) is 11.5 Å². The number of amides is 2. The topological polar surface area (TPSA) is 118 Å². The molecule has 1 saturated heterocycles. The van der Waals surface area contributed by atoms with Gasteiger partial charge in [0.2, 0.25) is 0 Å². The highest BCUT2D eigenvalue weighted by Crippen LogP contribution is 2.36. The maximum atomic E-state index is 12.9. The first kappa shape index (κ1) is 27.5. The van der Waals surface area contributed by atoms with E-state index in [-0.39, 0.29) is 24.0 Å². The summed E-state index contributed by atoms with van der Waals surface area (Å²) in [4.78, 5) is 43.1. The number of amidine groups is 1. The minimum atomic E-state index is -1.04. The van der Waals surface area contributed by atoms with Crippen LogP contribution in [0.15, 0.2) is 70.6 Å². The van der Waals surface area contributed by atoms with Crippen LogP contribution in [0.3, 0.4) is 0 Å². The number of aryl methyl sites for hydroxylation is 1. The number of rotatable bonds is 8. The summed E-state index contributed by atoms with van der Waals surface area (Å²) in [5, 5.41) is 12.6. The number of thioether (sulfide) groups is 1. The second-order valence-corrected chi connectivity index (χ2v) is 9.75. The number of benzene rings is 3. The zero-order valence-electron chi connectivity index (χ0n) is 21.8. The number of carbonyl (C=O) groups is 3. The number of nitrogens with one attached hydrogen (secondary N) is 1. The molecule has 2 N–H and O–H groups in total. The Bertz CT molecular complexity index is 1500.